The summed E-state index contributed by atoms with van der Waals surface area (Å²) in [6, 6.07) is 10.9. The van der Waals surface area contributed by atoms with Crippen LogP contribution in [0.3, 0.4) is 0 Å². The van der Waals surface area contributed by atoms with Crippen LogP contribution < -0.4 is 5.32 Å². The predicted molar refractivity (Wildman–Crippen MR) is 115 cm³/mol. The van der Waals surface area contributed by atoms with E-state index in [1.54, 1.807) is 48.2 Å². The number of aromatic nitrogens is 2. The normalized spacial score (nSPS) is 20.3. The van der Waals surface area contributed by atoms with Gasteiger partial charge in [0, 0.05) is 28.5 Å². The summed E-state index contributed by atoms with van der Waals surface area (Å²) >= 11 is 1.57. The van der Waals surface area contributed by atoms with E-state index in [0.29, 0.717) is 10.9 Å². The number of anilines is 2. The largest absolute Gasteiger partial charge is 0.355 e. The molecule has 0 radical (unpaired) electrons. The Hall–Kier alpha value is -2.84. The number of thiazole rings is 1. The Kier molecular flexibility index (Phi) is 3.81. The standard InChI is InChI=1S/C21H17N3O3S2/c1-3-21(2)20(25)14-9-16-13(10-19(14)29(21,26)27)15(6-7-22-16)24-12-4-5-18-17(8-12)23-11-28-18/h4-11H,3H2,1-2H3,(H,22,24). The molecule has 1 unspecified atom stereocenters. The summed E-state index contributed by atoms with van der Waals surface area (Å²) in [5.74, 6) is -0.356. The molecule has 1 atom stereocenters. The Morgan fingerprint density at radius 3 is 2.72 bits per heavy atom. The van der Waals surface area contributed by atoms with Gasteiger partial charge in [0.15, 0.2) is 15.6 Å². The molecule has 6 nitrogen and oxygen atoms in total. The lowest BCUT2D eigenvalue weighted by Crippen LogP contribution is -2.36. The summed E-state index contributed by atoms with van der Waals surface area (Å²) in [7, 11) is -3.76. The van der Waals surface area contributed by atoms with E-state index in [-0.39, 0.29) is 22.7 Å². The van der Waals surface area contributed by atoms with Gasteiger partial charge < -0.3 is 5.32 Å². The minimum Gasteiger partial charge on any atom is -0.355 e. The first-order valence-corrected chi connectivity index (χ1v) is 11.5. The number of pyridine rings is 1. The van der Waals surface area contributed by atoms with Crippen LogP contribution in [-0.4, -0.2) is 28.9 Å². The van der Waals surface area contributed by atoms with Gasteiger partial charge in [-0.3, -0.25) is 9.78 Å². The zero-order chi connectivity index (χ0) is 20.4. The van der Waals surface area contributed by atoms with Crippen LogP contribution in [0.4, 0.5) is 11.4 Å². The summed E-state index contributed by atoms with van der Waals surface area (Å²) < 4.78 is 25.9. The highest BCUT2D eigenvalue weighted by Gasteiger charge is 2.53. The van der Waals surface area contributed by atoms with Gasteiger partial charge in [-0.15, -0.1) is 11.3 Å². The van der Waals surface area contributed by atoms with Crippen LogP contribution in [0, 0.1) is 0 Å². The lowest BCUT2D eigenvalue weighted by Gasteiger charge is -2.18. The highest BCUT2D eigenvalue weighted by atomic mass is 32.2. The number of carbonyl (C=O) groups is 1. The molecule has 0 bridgehead atoms. The van der Waals surface area contributed by atoms with E-state index in [0.717, 1.165) is 21.6 Å². The van der Waals surface area contributed by atoms with Crippen molar-refractivity contribution in [3.8, 4) is 0 Å². The zero-order valence-corrected chi connectivity index (χ0v) is 17.4. The van der Waals surface area contributed by atoms with E-state index < -0.39 is 14.6 Å². The molecule has 3 heterocycles. The van der Waals surface area contributed by atoms with Crippen molar-refractivity contribution in [2.75, 3.05) is 5.32 Å². The van der Waals surface area contributed by atoms with Crippen LogP contribution in [-0.2, 0) is 9.84 Å². The maximum Gasteiger partial charge on any atom is 0.192 e. The number of nitrogens with zero attached hydrogens (tertiary/aromatic N) is 2. The van der Waals surface area contributed by atoms with Crippen molar-refractivity contribution in [1.29, 1.82) is 0 Å². The zero-order valence-electron chi connectivity index (χ0n) is 15.8. The van der Waals surface area contributed by atoms with Crippen LogP contribution in [0.5, 0.6) is 0 Å². The topological polar surface area (TPSA) is 89.0 Å². The molecule has 0 aliphatic carbocycles. The Bertz CT molecular complexity index is 1430. The van der Waals surface area contributed by atoms with Gasteiger partial charge in [-0.1, -0.05) is 6.92 Å². The van der Waals surface area contributed by atoms with Gasteiger partial charge in [0.1, 0.15) is 4.75 Å². The second kappa shape index (κ2) is 6.08. The molecule has 4 aromatic rings. The fourth-order valence-electron chi connectivity index (χ4n) is 3.77. The number of sulfone groups is 1. The highest BCUT2D eigenvalue weighted by Crippen LogP contribution is 2.43. The lowest BCUT2D eigenvalue weighted by atomic mass is 9.96. The van der Waals surface area contributed by atoms with E-state index in [9.17, 15) is 13.2 Å². The third kappa shape index (κ3) is 2.45. The van der Waals surface area contributed by atoms with Gasteiger partial charge in [0.05, 0.1) is 26.1 Å². The number of hydrogen-bond donors (Lipinski definition) is 1. The Morgan fingerprint density at radius 1 is 1.10 bits per heavy atom. The maximum absolute atomic E-state index is 13.1. The molecule has 0 spiro atoms. The average Bonchev–Trinajstić information content (AvgIpc) is 3.24. The number of nitrogens with one attached hydrogen (secondary N) is 1. The summed E-state index contributed by atoms with van der Waals surface area (Å²) in [6.07, 6.45) is 1.87. The molecule has 29 heavy (non-hydrogen) atoms. The van der Waals surface area contributed by atoms with Crippen molar-refractivity contribution in [3.63, 3.8) is 0 Å². The van der Waals surface area contributed by atoms with Crippen molar-refractivity contribution < 1.29 is 13.2 Å². The first-order valence-electron chi connectivity index (χ1n) is 9.17. The van der Waals surface area contributed by atoms with E-state index in [1.165, 1.54) is 6.92 Å². The molecule has 146 valence electrons. The van der Waals surface area contributed by atoms with Gasteiger partial charge in [-0.05, 0) is 49.7 Å². The quantitative estimate of drug-likeness (QED) is 0.513. The number of ketones is 1. The molecule has 8 heteroatoms. The van der Waals surface area contributed by atoms with Gasteiger partial charge in [-0.25, -0.2) is 13.4 Å². The molecule has 2 aromatic carbocycles. The third-order valence-electron chi connectivity index (χ3n) is 5.73. The summed E-state index contributed by atoms with van der Waals surface area (Å²) in [4.78, 5) is 21.6. The number of fused-ring (bicyclic) bond motifs is 3. The highest BCUT2D eigenvalue weighted by molar-refractivity contribution is 7.94. The van der Waals surface area contributed by atoms with E-state index in [1.807, 2.05) is 18.2 Å². The van der Waals surface area contributed by atoms with E-state index in [2.05, 4.69) is 15.3 Å². The summed E-state index contributed by atoms with van der Waals surface area (Å²) in [5, 5.41) is 3.99. The molecule has 1 aliphatic rings. The third-order valence-corrected chi connectivity index (χ3v) is 9.12. The van der Waals surface area contributed by atoms with Crippen molar-refractivity contribution >= 4 is 59.5 Å². The van der Waals surface area contributed by atoms with E-state index >= 15 is 0 Å². The first kappa shape index (κ1) is 18.2. The van der Waals surface area contributed by atoms with Gasteiger partial charge in [0.25, 0.3) is 0 Å². The van der Waals surface area contributed by atoms with Crippen LogP contribution in [0.2, 0.25) is 0 Å². The molecule has 0 saturated carbocycles. The smallest absolute Gasteiger partial charge is 0.192 e. The lowest BCUT2D eigenvalue weighted by molar-refractivity contribution is 0.0949. The average molecular weight is 424 g/mol. The molecular formula is C21H17N3O3S2. The first-order chi connectivity index (χ1) is 13.8. The molecular weight excluding hydrogens is 406 g/mol. The van der Waals surface area contributed by atoms with Gasteiger partial charge in [-0.2, -0.15) is 0 Å². The molecule has 1 aliphatic heterocycles. The van der Waals surface area contributed by atoms with Crippen LogP contribution in [0.15, 0.2) is 53.0 Å². The minimum absolute atomic E-state index is 0.0883. The second-order valence-electron chi connectivity index (χ2n) is 7.30. The van der Waals surface area contributed by atoms with Gasteiger partial charge >= 0.3 is 0 Å². The summed E-state index contributed by atoms with van der Waals surface area (Å²) in [6.45, 7) is 3.23. The van der Waals surface area contributed by atoms with Gasteiger partial charge in [0.2, 0.25) is 0 Å². The predicted octanol–water partition coefficient (Wildman–Crippen LogP) is 4.73. The molecule has 0 fully saturated rings. The Labute approximate surface area is 171 Å². The number of benzene rings is 2. The molecule has 5 rings (SSSR count). The van der Waals surface area contributed by atoms with Crippen molar-refractivity contribution in [2.45, 2.75) is 29.9 Å². The number of Topliss-reactive ketones (excluding diaryl/α,β-unsaturated/α-hetero) is 1. The SMILES string of the molecule is CCC1(C)C(=O)c2cc3nccc(Nc4ccc5scnc5c4)c3cc2S1(=O)=O. The van der Waals surface area contributed by atoms with Crippen LogP contribution in [0.1, 0.15) is 30.6 Å². The monoisotopic (exact) mass is 423 g/mol. The number of hydrogen-bond acceptors (Lipinski definition) is 7. The van der Waals surface area contributed by atoms with Crippen LogP contribution >= 0.6 is 11.3 Å². The minimum atomic E-state index is -3.76. The van der Waals surface area contributed by atoms with Crippen LogP contribution in [0.25, 0.3) is 21.1 Å². The van der Waals surface area contributed by atoms with Crippen molar-refractivity contribution in [2.24, 2.45) is 0 Å². The number of rotatable bonds is 3. The van der Waals surface area contributed by atoms with Crippen molar-refractivity contribution in [1.82, 2.24) is 9.97 Å². The molecule has 0 saturated heterocycles. The molecule has 0 amide bonds. The fourth-order valence-corrected chi connectivity index (χ4v) is 6.37. The number of carbonyl (C=O) groups excluding carboxylic acids is 1. The van der Waals surface area contributed by atoms with E-state index in [4.69, 9.17) is 0 Å². The Balaban J connectivity index is 1.68. The molecule has 2 aromatic heterocycles. The maximum atomic E-state index is 13.1. The fraction of sp³-hybridized carbons (Fsp3) is 0.190. The molecule has 1 N–H and O–H groups in total. The Morgan fingerprint density at radius 2 is 1.93 bits per heavy atom. The van der Waals surface area contributed by atoms with Crippen molar-refractivity contribution in [3.05, 3.63) is 53.7 Å². The second-order valence-corrected chi connectivity index (χ2v) is 10.5. The summed E-state index contributed by atoms with van der Waals surface area (Å²) in [5.41, 5.74) is 5.06.